The molecule has 0 radical (unpaired) electrons. The highest BCUT2D eigenvalue weighted by Crippen LogP contribution is 2.36. The molecular formula is C13H12ClF3N2. The molecule has 102 valence electrons. The molecule has 0 bridgehead atoms. The average Bonchev–Trinajstić information content (AvgIpc) is 2.72. The summed E-state index contributed by atoms with van der Waals surface area (Å²) in [6.45, 7) is 0.458. The Kier molecular flexibility index (Phi) is 3.75. The normalized spacial score (nSPS) is 11.6. The number of aryl methyl sites for hydroxylation is 1. The molecule has 0 fully saturated rings. The molecule has 0 saturated carbocycles. The molecule has 1 heterocycles. The fourth-order valence-electron chi connectivity index (χ4n) is 1.72. The zero-order valence-electron chi connectivity index (χ0n) is 10.1. The van der Waals surface area contributed by atoms with Crippen LogP contribution in [0.2, 0.25) is 5.02 Å². The maximum atomic E-state index is 12.7. The Labute approximate surface area is 113 Å². The van der Waals surface area contributed by atoms with Crippen LogP contribution < -0.4 is 5.32 Å². The molecule has 0 amide bonds. The molecular weight excluding hydrogens is 277 g/mol. The van der Waals surface area contributed by atoms with E-state index >= 15 is 0 Å². The number of hydrogen-bond donors (Lipinski definition) is 1. The van der Waals surface area contributed by atoms with Gasteiger partial charge in [-0.15, -0.1) is 0 Å². The predicted molar refractivity (Wildman–Crippen MR) is 69.2 cm³/mol. The molecule has 2 nitrogen and oxygen atoms in total. The van der Waals surface area contributed by atoms with Crippen LogP contribution in [-0.4, -0.2) is 4.57 Å². The highest BCUT2D eigenvalue weighted by molar-refractivity contribution is 6.31. The van der Waals surface area contributed by atoms with Crippen molar-refractivity contribution >= 4 is 17.3 Å². The van der Waals surface area contributed by atoms with Gasteiger partial charge in [0, 0.05) is 31.7 Å². The molecule has 0 aliphatic rings. The lowest BCUT2D eigenvalue weighted by atomic mass is 10.2. The molecule has 1 aromatic carbocycles. The largest absolute Gasteiger partial charge is 0.417 e. The van der Waals surface area contributed by atoms with Crippen LogP contribution >= 0.6 is 11.6 Å². The van der Waals surface area contributed by atoms with Crippen LogP contribution in [0, 0.1) is 0 Å². The van der Waals surface area contributed by atoms with Gasteiger partial charge >= 0.3 is 6.18 Å². The molecule has 2 aromatic rings. The number of halogens is 4. The topological polar surface area (TPSA) is 17.0 Å². The highest BCUT2D eigenvalue weighted by atomic mass is 35.5. The van der Waals surface area contributed by atoms with Crippen molar-refractivity contribution < 1.29 is 13.2 Å². The van der Waals surface area contributed by atoms with Crippen LogP contribution in [0.5, 0.6) is 0 Å². The minimum atomic E-state index is -4.44. The van der Waals surface area contributed by atoms with Gasteiger partial charge in [0.05, 0.1) is 10.6 Å². The van der Waals surface area contributed by atoms with E-state index in [-0.39, 0.29) is 5.02 Å². The van der Waals surface area contributed by atoms with Crippen molar-refractivity contribution in [1.82, 2.24) is 4.57 Å². The van der Waals surface area contributed by atoms with E-state index in [9.17, 15) is 13.2 Å². The smallest absolute Gasteiger partial charge is 0.381 e. The third-order valence-electron chi connectivity index (χ3n) is 2.66. The second kappa shape index (κ2) is 5.17. The first-order valence-corrected chi connectivity index (χ1v) is 5.95. The number of nitrogens with zero attached hydrogens (tertiary/aromatic N) is 1. The van der Waals surface area contributed by atoms with E-state index in [1.54, 1.807) is 0 Å². The second-order valence-electron chi connectivity index (χ2n) is 4.23. The van der Waals surface area contributed by atoms with Crippen molar-refractivity contribution in [2.75, 3.05) is 5.32 Å². The monoisotopic (exact) mass is 288 g/mol. The Morgan fingerprint density at radius 1 is 1.26 bits per heavy atom. The van der Waals surface area contributed by atoms with E-state index in [4.69, 9.17) is 11.6 Å². The number of anilines is 1. The number of benzene rings is 1. The SMILES string of the molecule is Cn1ccc(CNc2ccc(Cl)c(C(F)(F)F)c2)c1. The first-order chi connectivity index (χ1) is 8.86. The second-order valence-corrected chi connectivity index (χ2v) is 4.64. The maximum absolute atomic E-state index is 12.7. The van der Waals surface area contributed by atoms with Crippen LogP contribution in [0.4, 0.5) is 18.9 Å². The molecule has 0 unspecified atom stereocenters. The summed E-state index contributed by atoms with van der Waals surface area (Å²) in [4.78, 5) is 0. The minimum absolute atomic E-state index is 0.294. The molecule has 0 spiro atoms. The molecule has 0 saturated heterocycles. The highest BCUT2D eigenvalue weighted by Gasteiger charge is 2.33. The lowest BCUT2D eigenvalue weighted by Crippen LogP contribution is -2.07. The summed E-state index contributed by atoms with van der Waals surface area (Å²) in [7, 11) is 1.88. The third kappa shape index (κ3) is 3.44. The zero-order chi connectivity index (χ0) is 14.0. The van der Waals surface area contributed by atoms with Gasteiger partial charge in [0.25, 0.3) is 0 Å². The standard InChI is InChI=1S/C13H12ClF3N2/c1-19-5-4-9(8-19)7-18-10-2-3-12(14)11(6-10)13(15,16)17/h2-6,8,18H,7H2,1H3. The van der Waals surface area contributed by atoms with Crippen molar-refractivity contribution in [3.8, 4) is 0 Å². The first kappa shape index (κ1) is 13.8. The zero-order valence-corrected chi connectivity index (χ0v) is 10.9. The van der Waals surface area contributed by atoms with Gasteiger partial charge in [0.15, 0.2) is 0 Å². The summed E-state index contributed by atoms with van der Waals surface area (Å²) >= 11 is 5.55. The number of rotatable bonds is 3. The van der Waals surface area contributed by atoms with E-state index in [1.165, 1.54) is 12.1 Å². The van der Waals surface area contributed by atoms with E-state index in [1.807, 2.05) is 30.1 Å². The summed E-state index contributed by atoms with van der Waals surface area (Å²) in [6.07, 6.45) is -0.672. The Balaban J connectivity index is 2.13. The number of alkyl halides is 3. The van der Waals surface area contributed by atoms with Crippen molar-refractivity contribution in [3.05, 3.63) is 52.8 Å². The van der Waals surface area contributed by atoms with E-state index in [2.05, 4.69) is 5.32 Å². The van der Waals surface area contributed by atoms with Crippen LogP contribution in [0.15, 0.2) is 36.7 Å². The van der Waals surface area contributed by atoms with Crippen molar-refractivity contribution in [2.24, 2.45) is 7.05 Å². The molecule has 1 aromatic heterocycles. The van der Waals surface area contributed by atoms with Crippen molar-refractivity contribution in [3.63, 3.8) is 0 Å². The summed E-state index contributed by atoms with van der Waals surface area (Å²) < 4.78 is 39.9. The molecule has 0 aliphatic carbocycles. The quantitative estimate of drug-likeness (QED) is 0.890. The van der Waals surface area contributed by atoms with Crippen molar-refractivity contribution in [1.29, 1.82) is 0 Å². The molecule has 0 aliphatic heterocycles. The van der Waals surface area contributed by atoms with E-state index in [0.29, 0.717) is 12.2 Å². The summed E-state index contributed by atoms with van der Waals surface area (Å²) in [5, 5.41) is 2.65. The van der Waals surface area contributed by atoms with Gasteiger partial charge in [-0.2, -0.15) is 13.2 Å². The number of aromatic nitrogens is 1. The van der Waals surface area contributed by atoms with Crippen LogP contribution in [0.3, 0.4) is 0 Å². The van der Waals surface area contributed by atoms with E-state index in [0.717, 1.165) is 11.6 Å². The van der Waals surface area contributed by atoms with Gasteiger partial charge in [-0.1, -0.05) is 11.6 Å². The van der Waals surface area contributed by atoms with Gasteiger partial charge < -0.3 is 9.88 Å². The Morgan fingerprint density at radius 2 is 2.00 bits per heavy atom. The lowest BCUT2D eigenvalue weighted by molar-refractivity contribution is -0.137. The van der Waals surface area contributed by atoms with Gasteiger partial charge in [-0.25, -0.2) is 0 Å². The molecule has 19 heavy (non-hydrogen) atoms. The van der Waals surface area contributed by atoms with Gasteiger partial charge in [-0.3, -0.25) is 0 Å². The van der Waals surface area contributed by atoms with Crippen molar-refractivity contribution in [2.45, 2.75) is 12.7 Å². The third-order valence-corrected chi connectivity index (χ3v) is 2.99. The molecule has 6 heteroatoms. The lowest BCUT2D eigenvalue weighted by Gasteiger charge is -2.12. The van der Waals surface area contributed by atoms with E-state index < -0.39 is 11.7 Å². The fourth-order valence-corrected chi connectivity index (χ4v) is 1.95. The van der Waals surface area contributed by atoms with Gasteiger partial charge in [0.2, 0.25) is 0 Å². The van der Waals surface area contributed by atoms with Gasteiger partial charge in [-0.05, 0) is 29.8 Å². The average molecular weight is 289 g/mol. The summed E-state index contributed by atoms with van der Waals surface area (Å²) in [5.74, 6) is 0. The Hall–Kier alpha value is -1.62. The minimum Gasteiger partial charge on any atom is -0.381 e. The van der Waals surface area contributed by atoms with Crippen LogP contribution in [-0.2, 0) is 19.8 Å². The molecule has 1 N–H and O–H groups in total. The fraction of sp³-hybridized carbons (Fsp3) is 0.231. The summed E-state index contributed by atoms with van der Waals surface area (Å²) in [6, 6.07) is 5.69. The Morgan fingerprint density at radius 3 is 2.58 bits per heavy atom. The van der Waals surface area contributed by atoms with Gasteiger partial charge in [0.1, 0.15) is 0 Å². The summed E-state index contributed by atoms with van der Waals surface area (Å²) in [5.41, 5.74) is 0.554. The number of hydrogen-bond acceptors (Lipinski definition) is 1. The van der Waals surface area contributed by atoms with Crippen LogP contribution in [0.1, 0.15) is 11.1 Å². The first-order valence-electron chi connectivity index (χ1n) is 5.58. The number of nitrogens with one attached hydrogen (secondary N) is 1. The molecule has 0 atom stereocenters. The maximum Gasteiger partial charge on any atom is 0.417 e. The van der Waals surface area contributed by atoms with Crippen LogP contribution in [0.25, 0.3) is 0 Å². The Bertz CT molecular complexity index is 576. The molecule has 2 rings (SSSR count). The predicted octanol–water partition coefficient (Wildman–Crippen LogP) is 4.31.